The molecule has 0 aliphatic carbocycles. The Morgan fingerprint density at radius 2 is 1.85 bits per heavy atom. The quantitative estimate of drug-likeness (QED) is 0.529. The topological polar surface area (TPSA) is 90.1 Å². The summed E-state index contributed by atoms with van der Waals surface area (Å²) in [6.45, 7) is 4.25. The molecule has 2 aromatic carbocycles. The minimum absolute atomic E-state index is 0.0767. The Balaban J connectivity index is 1.77. The van der Waals surface area contributed by atoms with Gasteiger partial charge in [0.05, 0.1) is 17.7 Å². The molecule has 0 saturated heterocycles. The minimum Gasteiger partial charge on any atom is -0.307 e. The normalized spacial score (nSPS) is 10.6. The van der Waals surface area contributed by atoms with E-state index in [4.69, 9.17) is 0 Å². The Bertz CT molecular complexity index is 977. The van der Waals surface area contributed by atoms with Crippen molar-refractivity contribution >= 4 is 17.4 Å². The van der Waals surface area contributed by atoms with E-state index in [0.29, 0.717) is 17.9 Å². The number of benzene rings is 2. The zero-order valence-electron chi connectivity index (χ0n) is 15.2. The van der Waals surface area contributed by atoms with E-state index >= 15 is 0 Å². The fourth-order valence-electron chi connectivity index (χ4n) is 2.75. The van der Waals surface area contributed by atoms with E-state index in [9.17, 15) is 14.9 Å². The molecule has 0 bridgehead atoms. The number of nitrogens with one attached hydrogen (secondary N) is 1. The molecule has 138 valence electrons. The molecular weight excluding hydrogens is 344 g/mol. The van der Waals surface area contributed by atoms with Crippen LogP contribution in [0.5, 0.6) is 0 Å². The van der Waals surface area contributed by atoms with Crippen LogP contribution in [-0.4, -0.2) is 20.6 Å². The number of hydrogen-bond donors (Lipinski definition) is 1. The summed E-state index contributed by atoms with van der Waals surface area (Å²) >= 11 is 0. The number of carbonyl (C=O) groups excluding carboxylic acids is 1. The van der Waals surface area contributed by atoms with Crippen molar-refractivity contribution in [1.82, 2.24) is 9.78 Å². The van der Waals surface area contributed by atoms with Crippen molar-refractivity contribution < 1.29 is 9.72 Å². The number of nitro benzene ring substituents is 1. The van der Waals surface area contributed by atoms with Gasteiger partial charge in [0.1, 0.15) is 5.82 Å². The van der Waals surface area contributed by atoms with Gasteiger partial charge in [-0.15, -0.1) is 0 Å². The molecule has 1 amide bonds. The van der Waals surface area contributed by atoms with Crippen LogP contribution >= 0.6 is 0 Å². The number of nitrogens with zero attached hydrogens (tertiary/aromatic N) is 3. The van der Waals surface area contributed by atoms with Crippen molar-refractivity contribution in [1.29, 1.82) is 0 Å². The number of aromatic nitrogens is 2. The van der Waals surface area contributed by atoms with Crippen molar-refractivity contribution in [2.24, 2.45) is 0 Å². The maximum Gasteiger partial charge on any atom is 0.273 e. The summed E-state index contributed by atoms with van der Waals surface area (Å²) in [7, 11) is 0. The molecule has 0 aliphatic heterocycles. The Morgan fingerprint density at radius 1 is 1.15 bits per heavy atom. The van der Waals surface area contributed by atoms with Gasteiger partial charge in [0.25, 0.3) is 11.6 Å². The van der Waals surface area contributed by atoms with E-state index in [-0.39, 0.29) is 11.3 Å². The fourth-order valence-corrected chi connectivity index (χ4v) is 2.75. The molecule has 1 N–H and O–H groups in total. The van der Waals surface area contributed by atoms with Crippen LogP contribution in [0, 0.1) is 17.0 Å². The van der Waals surface area contributed by atoms with Gasteiger partial charge in [-0.25, -0.2) is 4.68 Å². The molecule has 0 saturated carbocycles. The number of hydrogen-bond acceptors (Lipinski definition) is 4. The fraction of sp³-hybridized carbons (Fsp3) is 0.200. The second-order valence-corrected chi connectivity index (χ2v) is 6.26. The molecule has 7 heteroatoms. The van der Waals surface area contributed by atoms with E-state index in [1.807, 2.05) is 12.1 Å². The van der Waals surface area contributed by atoms with Crippen LogP contribution in [0.25, 0.3) is 0 Å². The lowest BCUT2D eigenvalue weighted by atomic mass is 10.1. The second-order valence-electron chi connectivity index (χ2n) is 6.26. The van der Waals surface area contributed by atoms with Crippen molar-refractivity contribution in [3.05, 3.63) is 87.1 Å². The first kappa shape index (κ1) is 18.3. The molecule has 0 spiro atoms. The first-order valence-corrected chi connectivity index (χ1v) is 8.64. The maximum atomic E-state index is 12.5. The molecular formula is C20H20N4O3. The van der Waals surface area contributed by atoms with Gasteiger partial charge < -0.3 is 5.32 Å². The molecule has 1 heterocycles. The van der Waals surface area contributed by atoms with Crippen LogP contribution in [0.4, 0.5) is 11.5 Å². The van der Waals surface area contributed by atoms with E-state index in [1.54, 1.807) is 36.0 Å². The number of carbonyl (C=O) groups is 1. The number of nitro groups is 1. The summed E-state index contributed by atoms with van der Waals surface area (Å²) in [5.74, 6) is 0.115. The molecule has 0 atom stereocenters. The highest BCUT2D eigenvalue weighted by molar-refractivity contribution is 6.04. The predicted octanol–water partition coefficient (Wildman–Crippen LogP) is 3.96. The summed E-state index contributed by atoms with van der Waals surface area (Å²) in [4.78, 5) is 23.1. The standard InChI is InChI=1S/C20H20N4O3/c1-3-15-5-7-16(8-6-15)13-23-19(10-11-21-23)22-20(25)17-9-4-14(2)18(12-17)24(26)27/h4-12H,3,13H2,1-2H3,(H,22,25). The predicted molar refractivity (Wildman–Crippen MR) is 103 cm³/mol. The lowest BCUT2D eigenvalue weighted by Crippen LogP contribution is -2.16. The maximum absolute atomic E-state index is 12.5. The minimum atomic E-state index is -0.490. The third kappa shape index (κ3) is 4.20. The third-order valence-electron chi connectivity index (χ3n) is 4.39. The number of amides is 1. The zero-order chi connectivity index (χ0) is 19.4. The van der Waals surface area contributed by atoms with Crippen LogP contribution in [0.3, 0.4) is 0 Å². The molecule has 27 heavy (non-hydrogen) atoms. The van der Waals surface area contributed by atoms with Gasteiger partial charge in [0.15, 0.2) is 0 Å². The van der Waals surface area contributed by atoms with Gasteiger partial charge in [-0.2, -0.15) is 5.10 Å². The first-order valence-electron chi connectivity index (χ1n) is 8.64. The van der Waals surface area contributed by atoms with Crippen molar-refractivity contribution in [3.63, 3.8) is 0 Å². The highest BCUT2D eigenvalue weighted by Gasteiger charge is 2.16. The third-order valence-corrected chi connectivity index (χ3v) is 4.39. The van der Waals surface area contributed by atoms with E-state index in [1.165, 1.54) is 11.6 Å². The average molecular weight is 364 g/mol. The van der Waals surface area contributed by atoms with Crippen LogP contribution in [0.15, 0.2) is 54.7 Å². The van der Waals surface area contributed by atoms with Gasteiger partial charge >= 0.3 is 0 Å². The monoisotopic (exact) mass is 364 g/mol. The number of rotatable bonds is 6. The van der Waals surface area contributed by atoms with Crippen LogP contribution in [0.1, 0.15) is 34.0 Å². The Hall–Kier alpha value is -3.48. The largest absolute Gasteiger partial charge is 0.307 e. The van der Waals surface area contributed by atoms with E-state index in [0.717, 1.165) is 12.0 Å². The SMILES string of the molecule is CCc1ccc(Cn2nccc2NC(=O)c2ccc(C)c([N+](=O)[O-])c2)cc1. The van der Waals surface area contributed by atoms with Gasteiger partial charge in [-0.3, -0.25) is 14.9 Å². The molecule has 0 fully saturated rings. The van der Waals surface area contributed by atoms with Crippen LogP contribution in [0.2, 0.25) is 0 Å². The lowest BCUT2D eigenvalue weighted by Gasteiger charge is -2.10. The van der Waals surface area contributed by atoms with Gasteiger partial charge in [0.2, 0.25) is 0 Å². The smallest absolute Gasteiger partial charge is 0.273 e. The summed E-state index contributed by atoms with van der Waals surface area (Å²) in [6, 6.07) is 14.3. The van der Waals surface area contributed by atoms with Crippen LogP contribution < -0.4 is 5.32 Å². The Morgan fingerprint density at radius 3 is 2.52 bits per heavy atom. The lowest BCUT2D eigenvalue weighted by molar-refractivity contribution is -0.385. The Labute approximate surface area is 156 Å². The van der Waals surface area contributed by atoms with E-state index in [2.05, 4.69) is 29.5 Å². The molecule has 3 rings (SSSR count). The molecule has 1 aromatic heterocycles. The zero-order valence-corrected chi connectivity index (χ0v) is 15.2. The average Bonchev–Trinajstić information content (AvgIpc) is 3.09. The highest BCUT2D eigenvalue weighted by atomic mass is 16.6. The number of anilines is 1. The Kier molecular flexibility index (Phi) is 5.30. The summed E-state index contributed by atoms with van der Waals surface area (Å²) in [5, 5.41) is 18.1. The summed E-state index contributed by atoms with van der Waals surface area (Å²) < 4.78 is 1.68. The first-order chi connectivity index (χ1) is 13.0. The van der Waals surface area contributed by atoms with Crippen LogP contribution in [-0.2, 0) is 13.0 Å². The highest BCUT2D eigenvalue weighted by Crippen LogP contribution is 2.20. The van der Waals surface area contributed by atoms with Crippen molar-refractivity contribution in [2.75, 3.05) is 5.32 Å². The second kappa shape index (κ2) is 7.82. The van der Waals surface area contributed by atoms with Crippen molar-refractivity contribution in [2.45, 2.75) is 26.8 Å². The molecule has 0 unspecified atom stereocenters. The van der Waals surface area contributed by atoms with Gasteiger partial charge in [-0.1, -0.05) is 37.3 Å². The summed E-state index contributed by atoms with van der Waals surface area (Å²) in [5.41, 5.74) is 2.99. The van der Waals surface area contributed by atoms with Gasteiger partial charge in [-0.05, 0) is 30.5 Å². The molecule has 0 aliphatic rings. The summed E-state index contributed by atoms with van der Waals surface area (Å²) in [6.07, 6.45) is 2.58. The van der Waals surface area contributed by atoms with Gasteiger partial charge in [0, 0.05) is 23.3 Å². The van der Waals surface area contributed by atoms with E-state index < -0.39 is 10.8 Å². The molecule has 3 aromatic rings. The molecule has 7 nitrogen and oxygen atoms in total. The number of aryl methyl sites for hydroxylation is 2. The molecule has 0 radical (unpaired) electrons. The van der Waals surface area contributed by atoms with Crippen molar-refractivity contribution in [3.8, 4) is 0 Å².